The summed E-state index contributed by atoms with van der Waals surface area (Å²) in [6.07, 6.45) is 0.0696. The van der Waals surface area contributed by atoms with Crippen LogP contribution in [0.3, 0.4) is 0 Å². The second kappa shape index (κ2) is 9.31. The molecule has 0 N–H and O–H groups in total. The molecule has 3 fully saturated rings. The Balaban J connectivity index is 1.27. The van der Waals surface area contributed by atoms with Crippen LogP contribution in [-0.2, 0) is 15.1 Å². The zero-order valence-electron chi connectivity index (χ0n) is 19.3. The van der Waals surface area contributed by atoms with E-state index in [0.717, 1.165) is 0 Å². The van der Waals surface area contributed by atoms with E-state index in [2.05, 4.69) is 4.98 Å². The number of benzene rings is 1. The normalized spacial score (nSPS) is 27.5. The van der Waals surface area contributed by atoms with E-state index < -0.39 is 17.6 Å². The molecular formula is C25H27F3N2O5. The lowest BCUT2D eigenvalue weighted by molar-refractivity contribution is -0.0441. The number of carbonyl (C=O) groups is 1. The van der Waals surface area contributed by atoms with Crippen LogP contribution in [0, 0.1) is 11.7 Å². The Morgan fingerprint density at radius 3 is 2.86 bits per heavy atom. The van der Waals surface area contributed by atoms with Crippen molar-refractivity contribution in [2.75, 3.05) is 33.6 Å². The number of pyridine rings is 1. The number of fused-ring (bicyclic) bond motifs is 1. The van der Waals surface area contributed by atoms with Crippen molar-refractivity contribution in [1.82, 2.24) is 9.88 Å². The maximum absolute atomic E-state index is 13.9. The van der Waals surface area contributed by atoms with Crippen LogP contribution < -0.4 is 9.47 Å². The molecule has 2 unspecified atom stereocenters. The van der Waals surface area contributed by atoms with Crippen LogP contribution in [0.4, 0.5) is 13.2 Å². The number of hydrogen-bond donors (Lipinski definition) is 0. The molecular weight excluding hydrogens is 465 g/mol. The van der Waals surface area contributed by atoms with E-state index >= 15 is 0 Å². The van der Waals surface area contributed by atoms with E-state index in [4.69, 9.17) is 18.9 Å². The highest BCUT2D eigenvalue weighted by atomic mass is 19.3. The molecule has 1 aliphatic carbocycles. The minimum absolute atomic E-state index is 0.0637. The molecule has 5 rings (SSSR count). The van der Waals surface area contributed by atoms with Gasteiger partial charge in [-0.3, -0.25) is 4.79 Å². The van der Waals surface area contributed by atoms with Crippen molar-refractivity contribution in [1.29, 1.82) is 0 Å². The van der Waals surface area contributed by atoms with Crippen LogP contribution in [0.25, 0.3) is 0 Å². The van der Waals surface area contributed by atoms with E-state index in [0.29, 0.717) is 30.7 Å². The largest absolute Gasteiger partial charge is 0.488 e. The number of piperidine rings is 1. The fraction of sp³-hybridized carbons (Fsp3) is 0.520. The third-order valence-electron chi connectivity index (χ3n) is 7.06. The van der Waals surface area contributed by atoms with Crippen molar-refractivity contribution in [2.45, 2.75) is 43.3 Å². The SMILES string of the molecule is COc1nc(C(=O)N2CC[C@]3(c4cccc(F)c4)OCOC3C2)ccc1OCC1CCC(F)(F)C1. The van der Waals surface area contributed by atoms with Gasteiger partial charge >= 0.3 is 0 Å². The quantitative estimate of drug-likeness (QED) is 0.603. The highest BCUT2D eigenvalue weighted by molar-refractivity contribution is 5.92. The van der Waals surface area contributed by atoms with E-state index in [1.807, 2.05) is 0 Å². The third kappa shape index (κ3) is 4.69. The number of likely N-dealkylation sites (tertiary alicyclic amines) is 1. The van der Waals surface area contributed by atoms with E-state index in [9.17, 15) is 18.0 Å². The Labute approximate surface area is 201 Å². The minimum atomic E-state index is -2.64. The highest BCUT2D eigenvalue weighted by Crippen LogP contribution is 2.43. The summed E-state index contributed by atoms with van der Waals surface area (Å²) in [7, 11) is 1.41. The number of nitrogens with zero attached hydrogens (tertiary/aromatic N) is 2. The Morgan fingerprint density at radius 2 is 2.11 bits per heavy atom. The molecule has 35 heavy (non-hydrogen) atoms. The van der Waals surface area contributed by atoms with Gasteiger partial charge in [-0.05, 0) is 42.2 Å². The lowest BCUT2D eigenvalue weighted by Gasteiger charge is -2.41. The van der Waals surface area contributed by atoms with E-state index in [1.54, 1.807) is 23.1 Å². The summed E-state index contributed by atoms with van der Waals surface area (Å²) in [4.78, 5) is 19.2. The van der Waals surface area contributed by atoms with Gasteiger partial charge in [-0.15, -0.1) is 0 Å². The lowest BCUT2D eigenvalue weighted by Crippen LogP contribution is -2.53. The first kappa shape index (κ1) is 23.9. The molecule has 10 heteroatoms. The van der Waals surface area contributed by atoms with Crippen molar-refractivity contribution >= 4 is 5.91 Å². The average molecular weight is 492 g/mol. The van der Waals surface area contributed by atoms with Gasteiger partial charge in [0.15, 0.2) is 5.75 Å². The predicted molar refractivity (Wildman–Crippen MR) is 118 cm³/mol. The van der Waals surface area contributed by atoms with Gasteiger partial charge in [0.2, 0.25) is 5.92 Å². The molecule has 7 nitrogen and oxygen atoms in total. The number of methoxy groups -OCH3 is 1. The molecule has 3 aliphatic rings. The number of rotatable bonds is 6. The lowest BCUT2D eigenvalue weighted by atomic mass is 9.82. The molecule has 0 spiro atoms. The highest BCUT2D eigenvalue weighted by Gasteiger charge is 2.51. The summed E-state index contributed by atoms with van der Waals surface area (Å²) in [6, 6.07) is 9.36. The molecule has 1 amide bonds. The second-order valence-corrected chi connectivity index (χ2v) is 9.30. The first-order valence-corrected chi connectivity index (χ1v) is 11.7. The third-order valence-corrected chi connectivity index (χ3v) is 7.06. The Bertz CT molecular complexity index is 1100. The maximum atomic E-state index is 13.9. The van der Waals surface area contributed by atoms with Gasteiger partial charge in [0, 0.05) is 25.8 Å². The molecule has 3 heterocycles. The molecule has 2 aromatic rings. The molecule has 3 atom stereocenters. The molecule has 1 aromatic carbocycles. The first-order chi connectivity index (χ1) is 16.8. The van der Waals surface area contributed by atoms with Gasteiger partial charge in [-0.1, -0.05) is 12.1 Å². The number of ether oxygens (including phenoxy) is 4. The van der Waals surface area contributed by atoms with Crippen molar-refractivity contribution < 1.29 is 36.9 Å². The van der Waals surface area contributed by atoms with Crippen molar-refractivity contribution in [2.24, 2.45) is 5.92 Å². The molecule has 1 saturated carbocycles. The molecule has 1 aromatic heterocycles. The van der Waals surface area contributed by atoms with Gasteiger partial charge in [-0.2, -0.15) is 0 Å². The minimum Gasteiger partial charge on any atom is -0.488 e. The molecule has 2 saturated heterocycles. The second-order valence-electron chi connectivity index (χ2n) is 9.30. The number of halogens is 3. The van der Waals surface area contributed by atoms with Crippen LogP contribution in [0.1, 0.15) is 41.7 Å². The molecule has 0 bridgehead atoms. The van der Waals surface area contributed by atoms with Crippen LogP contribution in [0.5, 0.6) is 11.6 Å². The number of alkyl halides is 2. The zero-order valence-corrected chi connectivity index (χ0v) is 19.3. The average Bonchev–Trinajstić information content (AvgIpc) is 3.44. The summed E-state index contributed by atoms with van der Waals surface area (Å²) in [5.74, 6) is -3.13. The van der Waals surface area contributed by atoms with Crippen LogP contribution in [-0.4, -0.2) is 61.4 Å². The van der Waals surface area contributed by atoms with Gasteiger partial charge < -0.3 is 23.8 Å². The topological polar surface area (TPSA) is 70.1 Å². The predicted octanol–water partition coefficient (Wildman–Crippen LogP) is 4.16. The fourth-order valence-electron chi connectivity index (χ4n) is 5.18. The number of aromatic nitrogens is 1. The number of carbonyl (C=O) groups excluding carboxylic acids is 1. The summed E-state index contributed by atoms with van der Waals surface area (Å²) in [5, 5.41) is 0. The first-order valence-electron chi connectivity index (χ1n) is 11.7. The fourth-order valence-corrected chi connectivity index (χ4v) is 5.18. The van der Waals surface area contributed by atoms with Gasteiger partial charge in [0.1, 0.15) is 30.0 Å². The Morgan fingerprint density at radius 1 is 1.26 bits per heavy atom. The standard InChI is InChI=1S/C25H27F3N2O5/c1-32-22-20(33-14-16-7-8-24(27,28)12-16)6-5-19(29-22)23(31)30-10-9-25(21(13-30)34-15-35-25)17-3-2-4-18(26)11-17/h2-6,11,16,21H,7-10,12-15H2,1H3/t16?,21?,25-/m1/s1. The van der Waals surface area contributed by atoms with E-state index in [1.165, 1.54) is 25.3 Å². The maximum Gasteiger partial charge on any atom is 0.272 e. The summed E-state index contributed by atoms with van der Waals surface area (Å²) >= 11 is 0. The van der Waals surface area contributed by atoms with Crippen molar-refractivity contribution in [3.63, 3.8) is 0 Å². The van der Waals surface area contributed by atoms with Crippen molar-refractivity contribution in [3.8, 4) is 11.6 Å². The van der Waals surface area contributed by atoms with Gasteiger partial charge in [0.05, 0.1) is 20.3 Å². The monoisotopic (exact) mass is 492 g/mol. The Kier molecular flexibility index (Phi) is 6.35. The van der Waals surface area contributed by atoms with Crippen LogP contribution in [0.15, 0.2) is 36.4 Å². The summed E-state index contributed by atoms with van der Waals surface area (Å²) in [5.41, 5.74) is 0.0471. The molecule has 188 valence electrons. The number of amides is 1. The van der Waals surface area contributed by atoms with Gasteiger partial charge in [-0.25, -0.2) is 18.2 Å². The number of hydrogen-bond acceptors (Lipinski definition) is 6. The summed E-state index contributed by atoms with van der Waals surface area (Å²) < 4.78 is 63.4. The van der Waals surface area contributed by atoms with Gasteiger partial charge in [0.25, 0.3) is 11.8 Å². The summed E-state index contributed by atoms with van der Waals surface area (Å²) in [6.45, 7) is 0.823. The van der Waals surface area contributed by atoms with Crippen molar-refractivity contribution in [3.05, 3.63) is 53.5 Å². The van der Waals surface area contributed by atoms with Crippen LogP contribution in [0.2, 0.25) is 0 Å². The van der Waals surface area contributed by atoms with Crippen LogP contribution >= 0.6 is 0 Å². The molecule has 2 aliphatic heterocycles. The smallest absolute Gasteiger partial charge is 0.272 e. The molecule has 0 radical (unpaired) electrons. The van der Waals surface area contributed by atoms with E-state index in [-0.39, 0.29) is 62.0 Å². The Hall–Kier alpha value is -2.85. The zero-order chi connectivity index (χ0) is 24.6.